The SMILES string of the molecule is CCCCCCCCCC/C=C\CCCCCCCCCCCCCCCCCCCCCCCCCCCCCCCC(=O)NC(COC1OC(CO)C(OC2OC(CO)C(OC3OC(CO)C(O)C(O)C3O)C(O)C2O)C(O)C1O)C(O)/C=C/CCCCCCCCCCCCCCCCCCCCCCCCC. The number of nitrogens with one attached hydrogen (secondary N) is 1. The Labute approximate surface area is 677 Å². The molecule has 3 aliphatic heterocycles. The van der Waals surface area contributed by atoms with Gasteiger partial charge < -0.3 is 89.9 Å². The van der Waals surface area contributed by atoms with Crippen LogP contribution in [0, 0.1) is 0 Å². The lowest BCUT2D eigenvalue weighted by atomic mass is 9.96. The summed E-state index contributed by atoms with van der Waals surface area (Å²) in [5, 5.41) is 121. The average Bonchev–Trinajstić information content (AvgIpc) is 0.780. The summed E-state index contributed by atoms with van der Waals surface area (Å²) in [7, 11) is 0. The van der Waals surface area contributed by atoms with E-state index >= 15 is 0 Å². The third kappa shape index (κ3) is 50.7. The number of carbonyl (C=O) groups excluding carboxylic acids is 1. The van der Waals surface area contributed by atoms with Crippen LogP contribution in [0.3, 0.4) is 0 Å². The molecule has 3 fully saturated rings. The van der Waals surface area contributed by atoms with E-state index in [-0.39, 0.29) is 18.9 Å². The van der Waals surface area contributed by atoms with Crippen molar-refractivity contribution < 1.29 is 89.4 Å². The zero-order valence-electron chi connectivity index (χ0n) is 71.0. The van der Waals surface area contributed by atoms with Crippen molar-refractivity contribution in [2.24, 2.45) is 0 Å². The lowest BCUT2D eigenvalue weighted by Gasteiger charge is -2.48. The number of hydrogen-bond acceptors (Lipinski definition) is 18. The molecule has 19 nitrogen and oxygen atoms in total. The first kappa shape index (κ1) is 103. The van der Waals surface area contributed by atoms with Gasteiger partial charge in [-0.25, -0.2) is 0 Å². The molecule has 3 saturated heterocycles. The molecule has 19 heteroatoms. The molecule has 0 bridgehead atoms. The van der Waals surface area contributed by atoms with Crippen LogP contribution in [0.1, 0.15) is 425 Å². The molecule has 0 spiro atoms. The van der Waals surface area contributed by atoms with Gasteiger partial charge in [0.05, 0.1) is 38.6 Å². The van der Waals surface area contributed by atoms with Gasteiger partial charge in [0, 0.05) is 6.42 Å². The first-order chi connectivity index (χ1) is 54.3. The highest BCUT2D eigenvalue weighted by Crippen LogP contribution is 2.34. The number of aliphatic hydroxyl groups excluding tert-OH is 11. The van der Waals surface area contributed by atoms with E-state index in [0.717, 1.165) is 44.9 Å². The lowest BCUT2D eigenvalue weighted by molar-refractivity contribution is -0.379. The van der Waals surface area contributed by atoms with Crippen molar-refractivity contribution in [3.63, 3.8) is 0 Å². The number of carbonyl (C=O) groups is 1. The smallest absolute Gasteiger partial charge is 0.220 e. The molecule has 0 aliphatic carbocycles. The van der Waals surface area contributed by atoms with E-state index in [1.54, 1.807) is 6.08 Å². The molecule has 0 aromatic carbocycles. The molecule has 0 aromatic rings. The van der Waals surface area contributed by atoms with Gasteiger partial charge in [0.1, 0.15) is 73.2 Å². The van der Waals surface area contributed by atoms with Crippen LogP contribution in [0.5, 0.6) is 0 Å². The Balaban J connectivity index is 1.28. The summed E-state index contributed by atoms with van der Waals surface area (Å²) >= 11 is 0. The second-order valence-electron chi connectivity index (χ2n) is 33.8. The number of unbranched alkanes of at least 4 members (excludes halogenated alkanes) is 60. The zero-order chi connectivity index (χ0) is 80.3. The lowest BCUT2D eigenvalue weighted by Crippen LogP contribution is -2.66. The van der Waals surface area contributed by atoms with Crippen molar-refractivity contribution in [2.45, 2.75) is 529 Å². The van der Waals surface area contributed by atoms with Gasteiger partial charge in [0.25, 0.3) is 0 Å². The molecule has 17 unspecified atom stereocenters. The molecular weight excluding hydrogens is 1410 g/mol. The van der Waals surface area contributed by atoms with Crippen LogP contribution >= 0.6 is 0 Å². The van der Waals surface area contributed by atoms with E-state index in [4.69, 9.17) is 28.4 Å². The van der Waals surface area contributed by atoms with Crippen LogP contribution in [0.15, 0.2) is 24.3 Å². The number of hydrogen-bond donors (Lipinski definition) is 12. The van der Waals surface area contributed by atoms with E-state index in [1.165, 1.54) is 353 Å². The Morgan fingerprint density at radius 2 is 0.568 bits per heavy atom. The summed E-state index contributed by atoms with van der Waals surface area (Å²) in [4.78, 5) is 13.5. The van der Waals surface area contributed by atoms with Crippen molar-refractivity contribution in [1.29, 1.82) is 0 Å². The van der Waals surface area contributed by atoms with Gasteiger partial charge in [-0.05, 0) is 44.9 Å². The first-order valence-corrected chi connectivity index (χ1v) is 47.1. The first-order valence-electron chi connectivity index (χ1n) is 47.1. The molecule has 3 rings (SSSR count). The summed E-state index contributed by atoms with van der Waals surface area (Å²) in [6.07, 6.45) is 65.0. The van der Waals surface area contributed by atoms with Gasteiger partial charge in [0.2, 0.25) is 5.91 Å². The maximum Gasteiger partial charge on any atom is 0.220 e. The summed E-state index contributed by atoms with van der Waals surface area (Å²) in [6.45, 7) is 1.81. The van der Waals surface area contributed by atoms with Gasteiger partial charge >= 0.3 is 0 Å². The third-order valence-electron chi connectivity index (χ3n) is 23.7. The molecule has 17 atom stereocenters. The summed E-state index contributed by atoms with van der Waals surface area (Å²) < 4.78 is 34.5. The molecule has 656 valence electrons. The Hall–Kier alpha value is -1.73. The van der Waals surface area contributed by atoms with Gasteiger partial charge in [-0.3, -0.25) is 4.79 Å². The predicted octanol–water partition coefficient (Wildman–Crippen LogP) is 18.4. The molecule has 111 heavy (non-hydrogen) atoms. The van der Waals surface area contributed by atoms with E-state index in [9.17, 15) is 61.0 Å². The Kier molecular flexibility index (Phi) is 67.4. The number of amides is 1. The Morgan fingerprint density at radius 3 is 0.874 bits per heavy atom. The minimum absolute atomic E-state index is 0.250. The Bertz CT molecular complexity index is 2090. The van der Waals surface area contributed by atoms with Gasteiger partial charge in [-0.2, -0.15) is 0 Å². The van der Waals surface area contributed by atoms with Crippen molar-refractivity contribution in [1.82, 2.24) is 5.32 Å². The monoisotopic (exact) mass is 1580 g/mol. The average molecular weight is 1580 g/mol. The van der Waals surface area contributed by atoms with Gasteiger partial charge in [-0.1, -0.05) is 398 Å². The highest BCUT2D eigenvalue weighted by atomic mass is 16.8. The zero-order valence-corrected chi connectivity index (χ0v) is 71.0. The van der Waals surface area contributed by atoms with Crippen LogP contribution in [0.4, 0.5) is 0 Å². The topological polar surface area (TPSA) is 307 Å². The van der Waals surface area contributed by atoms with E-state index in [0.29, 0.717) is 6.42 Å². The fraction of sp³-hybridized carbons (Fsp3) is 0.946. The number of allylic oxidation sites excluding steroid dienone is 3. The van der Waals surface area contributed by atoms with E-state index in [1.807, 2.05) is 6.08 Å². The van der Waals surface area contributed by atoms with Crippen LogP contribution < -0.4 is 5.32 Å². The van der Waals surface area contributed by atoms with Crippen LogP contribution in [-0.4, -0.2) is 193 Å². The van der Waals surface area contributed by atoms with Crippen molar-refractivity contribution in [2.75, 3.05) is 26.4 Å². The second-order valence-corrected chi connectivity index (χ2v) is 33.8. The molecular formula is C92H175NO18. The molecule has 0 aromatic heterocycles. The molecule has 3 heterocycles. The molecule has 1 amide bonds. The summed E-state index contributed by atoms with van der Waals surface area (Å²) in [5.74, 6) is -0.265. The number of rotatable bonds is 78. The van der Waals surface area contributed by atoms with E-state index < -0.39 is 124 Å². The quantitative estimate of drug-likeness (QED) is 0.0199. The molecule has 0 radical (unpaired) electrons. The highest BCUT2D eigenvalue weighted by Gasteiger charge is 2.54. The number of aliphatic hydroxyl groups is 11. The largest absolute Gasteiger partial charge is 0.394 e. The fourth-order valence-electron chi connectivity index (χ4n) is 16.3. The highest BCUT2D eigenvalue weighted by molar-refractivity contribution is 5.76. The second kappa shape index (κ2) is 72.3. The number of ether oxygens (including phenoxy) is 6. The van der Waals surface area contributed by atoms with Gasteiger partial charge in [0.15, 0.2) is 18.9 Å². The van der Waals surface area contributed by atoms with Crippen LogP contribution in [0.2, 0.25) is 0 Å². The fourth-order valence-corrected chi connectivity index (χ4v) is 16.3. The minimum atomic E-state index is -1.98. The molecule has 3 aliphatic rings. The van der Waals surface area contributed by atoms with Gasteiger partial charge in [-0.15, -0.1) is 0 Å². The maximum atomic E-state index is 13.5. The minimum Gasteiger partial charge on any atom is -0.394 e. The Morgan fingerprint density at radius 1 is 0.315 bits per heavy atom. The standard InChI is InChI=1S/C92H175NO18/c1-3-5-7-9-11-13-15-17-19-21-23-25-27-29-30-31-32-33-34-35-36-37-38-39-40-41-42-43-44-46-48-50-52-54-56-58-60-62-64-66-68-70-80(98)93-75(76(97)69-67-65-63-61-59-57-55-53-51-49-47-45-28-26-24-22-20-18-16-14-12-10-8-6-4-2)74-106-90-86(104)83(101)88(78(72-95)108-90)111-92-87(105)84(102)89(79(73-96)109-92)110-91-85(103)82(100)81(99)77(71-94)107-91/h21,23,67,69,75-79,81-92,94-97,99-105H,3-20,22,24-66,68,70-74H2,1-2H3,(H,93,98)/b23-21-,69-67+. The maximum absolute atomic E-state index is 13.5. The van der Waals surface area contributed by atoms with E-state index in [2.05, 4.69) is 31.3 Å². The van der Waals surface area contributed by atoms with Crippen molar-refractivity contribution in [3.05, 3.63) is 24.3 Å². The van der Waals surface area contributed by atoms with Crippen molar-refractivity contribution >= 4 is 5.91 Å². The molecule has 12 N–H and O–H groups in total. The third-order valence-corrected chi connectivity index (χ3v) is 23.7. The molecule has 0 saturated carbocycles. The normalized spacial score (nSPS) is 25.1. The van der Waals surface area contributed by atoms with Crippen molar-refractivity contribution in [3.8, 4) is 0 Å². The van der Waals surface area contributed by atoms with Crippen LogP contribution in [0.25, 0.3) is 0 Å². The summed E-state index contributed by atoms with van der Waals surface area (Å²) in [5.41, 5.74) is 0. The van der Waals surface area contributed by atoms with Crippen LogP contribution in [-0.2, 0) is 33.2 Å². The predicted molar refractivity (Wildman–Crippen MR) is 448 cm³/mol. The summed E-state index contributed by atoms with van der Waals surface area (Å²) in [6, 6.07) is -0.972.